The Morgan fingerprint density at radius 3 is 2.90 bits per heavy atom. The predicted octanol–water partition coefficient (Wildman–Crippen LogP) is 1.39. The Hall–Kier alpha value is -1.67. The summed E-state index contributed by atoms with van der Waals surface area (Å²) in [6.45, 7) is 4.58. The minimum atomic E-state index is -0.332. The number of ether oxygens (including phenoxy) is 2. The average molecular weight is 355 g/mol. The molecule has 3 rings (SSSR count). The Labute approximate surface area is 130 Å². The first-order chi connectivity index (χ1) is 10.1. The van der Waals surface area contributed by atoms with Gasteiger partial charge in [0.1, 0.15) is 22.7 Å². The van der Waals surface area contributed by atoms with Gasteiger partial charge in [0.15, 0.2) is 5.65 Å². The molecule has 0 amide bonds. The Morgan fingerprint density at radius 2 is 2.19 bits per heavy atom. The molecular weight excluding hydrogens is 340 g/mol. The van der Waals surface area contributed by atoms with Crippen LogP contribution in [-0.4, -0.2) is 46.9 Å². The van der Waals surface area contributed by atoms with Crippen molar-refractivity contribution in [2.45, 2.75) is 13.5 Å². The summed E-state index contributed by atoms with van der Waals surface area (Å²) in [6, 6.07) is 3.84. The molecule has 1 saturated heterocycles. The number of imidazole rings is 1. The van der Waals surface area contributed by atoms with Crippen LogP contribution in [0.15, 0.2) is 16.7 Å². The van der Waals surface area contributed by atoms with Crippen LogP contribution in [-0.2, 0) is 20.9 Å². The Bertz CT molecular complexity index is 667. The third-order valence-electron chi connectivity index (χ3n) is 3.22. The van der Waals surface area contributed by atoms with Crippen LogP contribution in [0, 0.1) is 0 Å². The second kappa shape index (κ2) is 5.98. The summed E-state index contributed by atoms with van der Waals surface area (Å²) in [5.74, 6) is 0.545. The molecule has 0 spiro atoms. The summed E-state index contributed by atoms with van der Waals surface area (Å²) < 4.78 is 12.7. The van der Waals surface area contributed by atoms with Crippen LogP contribution < -0.4 is 4.90 Å². The molecule has 0 atom stereocenters. The summed E-state index contributed by atoms with van der Waals surface area (Å²) >= 11 is 3.46. The summed E-state index contributed by atoms with van der Waals surface area (Å²) in [4.78, 5) is 17.5. The van der Waals surface area contributed by atoms with E-state index >= 15 is 0 Å². The molecule has 8 heteroatoms. The Kier molecular flexibility index (Phi) is 4.07. The molecule has 3 heterocycles. The van der Waals surface area contributed by atoms with Gasteiger partial charge in [0.05, 0.1) is 13.2 Å². The van der Waals surface area contributed by atoms with E-state index in [1.165, 1.54) is 6.92 Å². The second-order valence-corrected chi connectivity index (χ2v) is 5.44. The number of esters is 1. The van der Waals surface area contributed by atoms with Gasteiger partial charge in [0.2, 0.25) is 0 Å². The highest BCUT2D eigenvalue weighted by Gasteiger charge is 2.16. The van der Waals surface area contributed by atoms with Crippen LogP contribution in [0.2, 0.25) is 0 Å². The van der Waals surface area contributed by atoms with E-state index in [1.807, 2.05) is 12.1 Å². The van der Waals surface area contributed by atoms with Gasteiger partial charge < -0.3 is 14.4 Å². The van der Waals surface area contributed by atoms with Crippen LogP contribution in [0.1, 0.15) is 12.6 Å². The topological polar surface area (TPSA) is 69.0 Å². The molecule has 2 aromatic heterocycles. The van der Waals surface area contributed by atoms with Crippen molar-refractivity contribution >= 4 is 33.4 Å². The zero-order chi connectivity index (χ0) is 14.8. The Balaban J connectivity index is 1.89. The number of fused-ring (bicyclic) bond motifs is 1. The Morgan fingerprint density at radius 1 is 1.43 bits per heavy atom. The number of hydrogen-bond donors (Lipinski definition) is 0. The van der Waals surface area contributed by atoms with Gasteiger partial charge in [-0.1, -0.05) is 0 Å². The third kappa shape index (κ3) is 3.01. The lowest BCUT2D eigenvalue weighted by Crippen LogP contribution is -2.37. The standard InChI is InChI=1S/C13H15BrN4O3/c1-9(19)21-8-10-13(14)18-11(15-10)2-3-12(16-18)17-4-6-20-7-5-17/h2-3H,4-8H2,1H3. The van der Waals surface area contributed by atoms with Crippen molar-refractivity contribution in [3.63, 3.8) is 0 Å². The first-order valence-corrected chi connectivity index (χ1v) is 7.44. The van der Waals surface area contributed by atoms with Crippen molar-refractivity contribution in [2.75, 3.05) is 31.2 Å². The fourth-order valence-electron chi connectivity index (χ4n) is 2.17. The highest BCUT2D eigenvalue weighted by atomic mass is 79.9. The number of rotatable bonds is 3. The maximum atomic E-state index is 10.9. The minimum absolute atomic E-state index is 0.131. The molecule has 21 heavy (non-hydrogen) atoms. The van der Waals surface area contributed by atoms with Gasteiger partial charge >= 0.3 is 5.97 Å². The van der Waals surface area contributed by atoms with Gasteiger partial charge in [0, 0.05) is 20.0 Å². The molecule has 0 radical (unpaired) electrons. The van der Waals surface area contributed by atoms with E-state index in [2.05, 4.69) is 30.9 Å². The average Bonchev–Trinajstić information content (AvgIpc) is 2.82. The van der Waals surface area contributed by atoms with E-state index < -0.39 is 0 Å². The minimum Gasteiger partial charge on any atom is -0.459 e. The van der Waals surface area contributed by atoms with Gasteiger partial charge in [-0.2, -0.15) is 0 Å². The van der Waals surface area contributed by atoms with E-state index in [0.29, 0.717) is 29.2 Å². The van der Waals surface area contributed by atoms with Crippen LogP contribution in [0.5, 0.6) is 0 Å². The maximum absolute atomic E-state index is 10.9. The van der Waals surface area contributed by atoms with Crippen molar-refractivity contribution < 1.29 is 14.3 Å². The molecule has 1 aliphatic heterocycles. The van der Waals surface area contributed by atoms with Gasteiger partial charge in [-0.15, -0.1) is 5.10 Å². The van der Waals surface area contributed by atoms with E-state index in [-0.39, 0.29) is 12.6 Å². The van der Waals surface area contributed by atoms with Crippen molar-refractivity contribution in [3.8, 4) is 0 Å². The first kappa shape index (κ1) is 14.3. The van der Waals surface area contributed by atoms with Crippen LogP contribution >= 0.6 is 15.9 Å². The number of anilines is 1. The number of nitrogens with zero attached hydrogens (tertiary/aromatic N) is 4. The molecule has 2 aromatic rings. The number of halogens is 1. The van der Waals surface area contributed by atoms with E-state index in [4.69, 9.17) is 9.47 Å². The monoisotopic (exact) mass is 354 g/mol. The number of hydrogen-bond acceptors (Lipinski definition) is 6. The molecule has 0 unspecified atom stereocenters. The SMILES string of the molecule is CC(=O)OCc1nc2ccc(N3CCOCC3)nn2c1Br. The fraction of sp³-hybridized carbons (Fsp3) is 0.462. The number of carbonyl (C=O) groups excluding carboxylic acids is 1. The first-order valence-electron chi connectivity index (χ1n) is 6.65. The summed E-state index contributed by atoms with van der Waals surface area (Å²) in [5, 5.41) is 4.58. The van der Waals surface area contributed by atoms with Gasteiger partial charge in [-0.25, -0.2) is 9.50 Å². The number of carbonyl (C=O) groups is 1. The van der Waals surface area contributed by atoms with Gasteiger partial charge in [0.25, 0.3) is 0 Å². The van der Waals surface area contributed by atoms with Gasteiger partial charge in [-0.3, -0.25) is 4.79 Å². The molecule has 0 bridgehead atoms. The summed E-state index contributed by atoms with van der Waals surface area (Å²) in [6.07, 6.45) is 0. The normalized spacial score (nSPS) is 15.4. The zero-order valence-electron chi connectivity index (χ0n) is 11.6. The van der Waals surface area contributed by atoms with Crippen molar-refractivity contribution in [1.29, 1.82) is 0 Å². The number of morpholine rings is 1. The van der Waals surface area contributed by atoms with Crippen molar-refractivity contribution in [1.82, 2.24) is 14.6 Å². The molecule has 7 nitrogen and oxygen atoms in total. The number of aromatic nitrogens is 3. The molecule has 0 aliphatic carbocycles. The highest BCUT2D eigenvalue weighted by Crippen LogP contribution is 2.21. The van der Waals surface area contributed by atoms with E-state index in [0.717, 1.165) is 18.9 Å². The smallest absolute Gasteiger partial charge is 0.303 e. The zero-order valence-corrected chi connectivity index (χ0v) is 13.2. The lowest BCUT2D eigenvalue weighted by Gasteiger charge is -2.27. The summed E-state index contributed by atoms with van der Waals surface area (Å²) in [7, 11) is 0. The molecule has 0 N–H and O–H groups in total. The van der Waals surface area contributed by atoms with Gasteiger partial charge in [-0.05, 0) is 28.1 Å². The predicted molar refractivity (Wildman–Crippen MR) is 79.2 cm³/mol. The molecule has 0 saturated carbocycles. The highest BCUT2D eigenvalue weighted by molar-refractivity contribution is 9.10. The largest absolute Gasteiger partial charge is 0.459 e. The molecule has 1 fully saturated rings. The third-order valence-corrected chi connectivity index (χ3v) is 4.02. The van der Waals surface area contributed by atoms with Crippen molar-refractivity contribution in [2.24, 2.45) is 0 Å². The van der Waals surface area contributed by atoms with Crippen LogP contribution in [0.4, 0.5) is 5.82 Å². The quantitative estimate of drug-likeness (QED) is 0.776. The molecular formula is C13H15BrN4O3. The van der Waals surface area contributed by atoms with Crippen LogP contribution in [0.3, 0.4) is 0 Å². The fourth-order valence-corrected chi connectivity index (χ4v) is 2.63. The van der Waals surface area contributed by atoms with Crippen molar-refractivity contribution in [3.05, 3.63) is 22.4 Å². The lowest BCUT2D eigenvalue weighted by atomic mass is 10.4. The lowest BCUT2D eigenvalue weighted by molar-refractivity contribution is -0.142. The van der Waals surface area contributed by atoms with E-state index in [9.17, 15) is 4.79 Å². The summed E-state index contributed by atoms with van der Waals surface area (Å²) in [5.41, 5.74) is 1.36. The van der Waals surface area contributed by atoms with Crippen LogP contribution in [0.25, 0.3) is 5.65 Å². The molecule has 112 valence electrons. The molecule has 0 aromatic carbocycles. The second-order valence-electron chi connectivity index (χ2n) is 4.69. The molecule has 1 aliphatic rings. The van der Waals surface area contributed by atoms with E-state index in [1.54, 1.807) is 4.52 Å². The maximum Gasteiger partial charge on any atom is 0.303 e.